The van der Waals surface area contributed by atoms with Crippen LogP contribution in [0, 0.1) is 11.3 Å². The molecule has 0 amide bonds. The van der Waals surface area contributed by atoms with Gasteiger partial charge in [0.05, 0.1) is 0 Å². The Bertz CT molecular complexity index is 98.6. The van der Waals surface area contributed by atoms with Crippen molar-refractivity contribution in [3.05, 3.63) is 12.7 Å². The Kier molecular flexibility index (Phi) is 1.18. The molecule has 0 N–H and O–H groups in total. The fraction of sp³-hybridized carbons (Fsp3) is 0.750. The molecule has 8 heavy (non-hydrogen) atoms. The van der Waals surface area contributed by atoms with E-state index in [1.165, 1.54) is 12.8 Å². The van der Waals surface area contributed by atoms with E-state index in [2.05, 4.69) is 26.5 Å². The molecule has 1 fully saturated rings. The predicted octanol–water partition coefficient (Wildman–Crippen LogP) is 2.61. The largest absolute Gasteiger partial charge is 0.103 e. The summed E-state index contributed by atoms with van der Waals surface area (Å²) in [6.45, 7) is 8.35. The van der Waals surface area contributed by atoms with E-state index >= 15 is 0 Å². The lowest BCUT2D eigenvalue weighted by atomic mass is 9.93. The van der Waals surface area contributed by atoms with E-state index in [9.17, 15) is 0 Å². The standard InChI is InChI=1S/C8H14/c1-4-7(2)8(3)5-6-8/h4,7H,1,5-6H2,2-3H3. The molecule has 1 aliphatic carbocycles. The van der Waals surface area contributed by atoms with Crippen LogP contribution in [0.15, 0.2) is 12.7 Å². The molecule has 46 valence electrons. The second kappa shape index (κ2) is 1.61. The van der Waals surface area contributed by atoms with E-state index in [1.54, 1.807) is 0 Å². The minimum absolute atomic E-state index is 0.641. The maximum Gasteiger partial charge on any atom is -0.0211 e. The van der Waals surface area contributed by atoms with Crippen molar-refractivity contribution in [3.8, 4) is 0 Å². The molecule has 0 aromatic carbocycles. The molecule has 0 nitrogen and oxygen atoms in total. The molecule has 0 bridgehead atoms. The highest BCUT2D eigenvalue weighted by Crippen LogP contribution is 2.51. The van der Waals surface area contributed by atoms with Crippen molar-refractivity contribution in [1.82, 2.24) is 0 Å². The molecule has 1 rings (SSSR count). The van der Waals surface area contributed by atoms with Crippen molar-refractivity contribution in [2.75, 3.05) is 0 Å². The third-order valence-corrected chi connectivity index (χ3v) is 2.49. The third-order valence-electron chi connectivity index (χ3n) is 2.49. The third kappa shape index (κ3) is 0.795. The topological polar surface area (TPSA) is 0 Å². The minimum atomic E-state index is 0.641. The first-order chi connectivity index (χ1) is 3.69. The van der Waals surface area contributed by atoms with Gasteiger partial charge in [0.15, 0.2) is 0 Å². The normalized spacial score (nSPS) is 26.8. The lowest BCUT2D eigenvalue weighted by Crippen LogP contribution is -2.03. The molecule has 1 atom stereocenters. The van der Waals surface area contributed by atoms with Crippen LogP contribution in [0.3, 0.4) is 0 Å². The molecule has 0 aromatic heterocycles. The smallest absolute Gasteiger partial charge is 0.0211 e. The molecule has 0 aromatic rings. The van der Waals surface area contributed by atoms with Gasteiger partial charge in [0.1, 0.15) is 0 Å². The number of hydrogen-bond acceptors (Lipinski definition) is 0. The van der Waals surface area contributed by atoms with Gasteiger partial charge in [0.2, 0.25) is 0 Å². The van der Waals surface area contributed by atoms with E-state index < -0.39 is 0 Å². The summed E-state index contributed by atoms with van der Waals surface area (Å²) in [6, 6.07) is 0. The zero-order chi connectivity index (χ0) is 6.20. The summed E-state index contributed by atoms with van der Waals surface area (Å²) in [5, 5.41) is 0. The summed E-state index contributed by atoms with van der Waals surface area (Å²) >= 11 is 0. The Morgan fingerprint density at radius 3 is 2.25 bits per heavy atom. The van der Waals surface area contributed by atoms with Crippen LogP contribution in [-0.2, 0) is 0 Å². The molecule has 0 spiro atoms. The molecule has 1 unspecified atom stereocenters. The zero-order valence-electron chi connectivity index (χ0n) is 5.78. The lowest BCUT2D eigenvalue weighted by molar-refractivity contribution is 0.440. The molecular weight excluding hydrogens is 96.1 g/mol. The molecule has 0 radical (unpaired) electrons. The molecule has 0 heterocycles. The van der Waals surface area contributed by atoms with Gasteiger partial charge >= 0.3 is 0 Å². The summed E-state index contributed by atoms with van der Waals surface area (Å²) in [5.41, 5.74) is 0.641. The van der Waals surface area contributed by atoms with Gasteiger partial charge in [-0.25, -0.2) is 0 Å². The molecule has 0 saturated heterocycles. The van der Waals surface area contributed by atoms with Crippen LogP contribution in [0.25, 0.3) is 0 Å². The predicted molar refractivity (Wildman–Crippen MR) is 36.7 cm³/mol. The first-order valence-electron chi connectivity index (χ1n) is 3.31. The van der Waals surface area contributed by atoms with Crippen molar-refractivity contribution in [2.24, 2.45) is 11.3 Å². The van der Waals surface area contributed by atoms with Gasteiger partial charge in [-0.3, -0.25) is 0 Å². The highest BCUT2D eigenvalue weighted by molar-refractivity contribution is 4.99. The first-order valence-corrected chi connectivity index (χ1v) is 3.31. The van der Waals surface area contributed by atoms with Crippen LogP contribution >= 0.6 is 0 Å². The van der Waals surface area contributed by atoms with E-state index in [-0.39, 0.29) is 0 Å². The summed E-state index contributed by atoms with van der Waals surface area (Å²) in [7, 11) is 0. The molecule has 1 saturated carbocycles. The maximum absolute atomic E-state index is 3.77. The number of rotatable bonds is 2. The SMILES string of the molecule is C=CC(C)C1(C)CC1. The molecule has 1 aliphatic rings. The van der Waals surface area contributed by atoms with Crippen LogP contribution < -0.4 is 0 Å². The highest BCUT2D eigenvalue weighted by atomic mass is 14.5. The Hall–Kier alpha value is -0.260. The van der Waals surface area contributed by atoms with Crippen LogP contribution in [0.2, 0.25) is 0 Å². The average Bonchev–Trinajstić information content (AvgIpc) is 2.47. The Labute approximate surface area is 51.6 Å². The Morgan fingerprint density at radius 2 is 2.12 bits per heavy atom. The zero-order valence-corrected chi connectivity index (χ0v) is 5.78. The van der Waals surface area contributed by atoms with Crippen molar-refractivity contribution in [1.29, 1.82) is 0 Å². The highest BCUT2D eigenvalue weighted by Gasteiger charge is 2.40. The van der Waals surface area contributed by atoms with E-state index in [0.717, 1.165) is 5.92 Å². The Morgan fingerprint density at radius 1 is 1.62 bits per heavy atom. The summed E-state index contributed by atoms with van der Waals surface area (Å²) in [5.74, 6) is 0.725. The van der Waals surface area contributed by atoms with Crippen molar-refractivity contribution in [3.63, 3.8) is 0 Å². The fourth-order valence-corrected chi connectivity index (χ4v) is 0.937. The number of allylic oxidation sites excluding steroid dienone is 1. The van der Waals surface area contributed by atoms with Gasteiger partial charge in [-0.2, -0.15) is 0 Å². The molecular formula is C8H14. The van der Waals surface area contributed by atoms with E-state index in [4.69, 9.17) is 0 Å². The average molecular weight is 110 g/mol. The van der Waals surface area contributed by atoms with Crippen molar-refractivity contribution in [2.45, 2.75) is 26.7 Å². The van der Waals surface area contributed by atoms with Gasteiger partial charge in [0, 0.05) is 0 Å². The van der Waals surface area contributed by atoms with Crippen molar-refractivity contribution < 1.29 is 0 Å². The van der Waals surface area contributed by atoms with Crippen LogP contribution in [0.1, 0.15) is 26.7 Å². The van der Waals surface area contributed by atoms with Crippen molar-refractivity contribution >= 4 is 0 Å². The molecule has 0 heteroatoms. The Balaban J connectivity index is 2.45. The summed E-state index contributed by atoms with van der Waals surface area (Å²) in [6.07, 6.45) is 4.87. The lowest BCUT2D eigenvalue weighted by Gasteiger charge is -2.12. The monoisotopic (exact) mass is 110 g/mol. The van der Waals surface area contributed by atoms with Crippen LogP contribution in [-0.4, -0.2) is 0 Å². The van der Waals surface area contributed by atoms with Gasteiger partial charge in [-0.15, -0.1) is 6.58 Å². The van der Waals surface area contributed by atoms with Crippen LogP contribution in [0.5, 0.6) is 0 Å². The fourth-order valence-electron chi connectivity index (χ4n) is 0.937. The first kappa shape index (κ1) is 5.87. The second-order valence-corrected chi connectivity index (χ2v) is 3.18. The number of hydrogen-bond donors (Lipinski definition) is 0. The quantitative estimate of drug-likeness (QED) is 0.479. The van der Waals surface area contributed by atoms with E-state index in [1.807, 2.05) is 0 Å². The van der Waals surface area contributed by atoms with Gasteiger partial charge in [-0.1, -0.05) is 19.9 Å². The second-order valence-electron chi connectivity index (χ2n) is 3.18. The summed E-state index contributed by atoms with van der Waals surface area (Å²) < 4.78 is 0. The summed E-state index contributed by atoms with van der Waals surface area (Å²) in [4.78, 5) is 0. The van der Waals surface area contributed by atoms with Gasteiger partial charge < -0.3 is 0 Å². The molecule has 0 aliphatic heterocycles. The van der Waals surface area contributed by atoms with Gasteiger partial charge in [0.25, 0.3) is 0 Å². The maximum atomic E-state index is 3.77. The van der Waals surface area contributed by atoms with Crippen LogP contribution in [0.4, 0.5) is 0 Å². The van der Waals surface area contributed by atoms with E-state index in [0.29, 0.717) is 5.41 Å². The minimum Gasteiger partial charge on any atom is -0.103 e. The van der Waals surface area contributed by atoms with Gasteiger partial charge in [-0.05, 0) is 24.2 Å².